The molecule has 0 unspecified atom stereocenters. The SMILES string of the molecule is Cc1ccc2cc(C(=O)NCC(C)(C)N)n(C)c2c1. The van der Waals surface area contributed by atoms with Crippen LogP contribution in [0.2, 0.25) is 0 Å². The van der Waals surface area contributed by atoms with Crippen molar-refractivity contribution >= 4 is 16.8 Å². The molecule has 4 heteroatoms. The van der Waals surface area contributed by atoms with Crippen molar-refractivity contribution in [3.8, 4) is 0 Å². The molecule has 0 aliphatic rings. The van der Waals surface area contributed by atoms with Gasteiger partial charge in [-0.25, -0.2) is 0 Å². The zero-order chi connectivity index (χ0) is 14.2. The van der Waals surface area contributed by atoms with Crippen LogP contribution in [0.1, 0.15) is 29.9 Å². The highest BCUT2D eigenvalue weighted by Gasteiger charge is 2.16. The molecule has 2 rings (SSSR count). The first kappa shape index (κ1) is 13.6. The van der Waals surface area contributed by atoms with Crippen molar-refractivity contribution in [2.75, 3.05) is 6.54 Å². The van der Waals surface area contributed by atoms with Crippen molar-refractivity contribution in [2.24, 2.45) is 12.8 Å². The quantitative estimate of drug-likeness (QED) is 0.885. The first-order chi connectivity index (χ1) is 8.78. The number of carbonyl (C=O) groups is 1. The van der Waals surface area contributed by atoms with E-state index in [4.69, 9.17) is 5.73 Å². The van der Waals surface area contributed by atoms with E-state index in [-0.39, 0.29) is 5.91 Å². The number of carbonyl (C=O) groups excluding carboxylic acids is 1. The molecule has 4 nitrogen and oxygen atoms in total. The van der Waals surface area contributed by atoms with Gasteiger partial charge in [0.25, 0.3) is 5.91 Å². The Morgan fingerprint density at radius 2 is 2.05 bits per heavy atom. The van der Waals surface area contributed by atoms with E-state index in [9.17, 15) is 4.79 Å². The predicted molar refractivity (Wildman–Crippen MR) is 78.3 cm³/mol. The van der Waals surface area contributed by atoms with Crippen LogP contribution in [0.15, 0.2) is 24.3 Å². The van der Waals surface area contributed by atoms with Gasteiger partial charge in [-0.1, -0.05) is 12.1 Å². The number of nitrogens with two attached hydrogens (primary N) is 1. The number of benzene rings is 1. The fourth-order valence-corrected chi connectivity index (χ4v) is 2.06. The van der Waals surface area contributed by atoms with E-state index in [1.807, 2.05) is 50.6 Å². The molecule has 0 spiro atoms. The molecule has 0 bridgehead atoms. The monoisotopic (exact) mass is 259 g/mol. The van der Waals surface area contributed by atoms with Crippen molar-refractivity contribution in [3.05, 3.63) is 35.5 Å². The molecule has 0 saturated carbocycles. The lowest BCUT2D eigenvalue weighted by Gasteiger charge is -2.18. The second kappa shape index (κ2) is 4.70. The van der Waals surface area contributed by atoms with E-state index in [1.54, 1.807) is 0 Å². The highest BCUT2D eigenvalue weighted by molar-refractivity contribution is 5.98. The Kier molecular flexibility index (Phi) is 3.37. The Morgan fingerprint density at radius 3 is 2.68 bits per heavy atom. The summed E-state index contributed by atoms with van der Waals surface area (Å²) in [6.07, 6.45) is 0. The average molecular weight is 259 g/mol. The Labute approximate surface area is 113 Å². The molecule has 3 N–H and O–H groups in total. The second-order valence-corrected chi connectivity index (χ2v) is 5.82. The summed E-state index contributed by atoms with van der Waals surface area (Å²) in [6.45, 7) is 6.27. The Morgan fingerprint density at radius 1 is 1.37 bits per heavy atom. The molecule has 0 atom stereocenters. The highest BCUT2D eigenvalue weighted by atomic mass is 16.1. The maximum atomic E-state index is 12.2. The molecular weight excluding hydrogens is 238 g/mol. The third kappa shape index (κ3) is 2.96. The van der Waals surface area contributed by atoms with Gasteiger partial charge in [-0.05, 0) is 38.5 Å². The number of nitrogens with zero attached hydrogens (tertiary/aromatic N) is 1. The van der Waals surface area contributed by atoms with Crippen LogP contribution in [0.5, 0.6) is 0 Å². The third-order valence-corrected chi connectivity index (χ3v) is 3.14. The first-order valence-corrected chi connectivity index (χ1v) is 6.41. The minimum absolute atomic E-state index is 0.0881. The molecule has 1 aromatic carbocycles. The molecule has 0 aliphatic carbocycles. The summed E-state index contributed by atoms with van der Waals surface area (Å²) in [5, 5.41) is 3.94. The number of aromatic nitrogens is 1. The van der Waals surface area contributed by atoms with Crippen LogP contribution in [0.4, 0.5) is 0 Å². The van der Waals surface area contributed by atoms with Crippen LogP contribution >= 0.6 is 0 Å². The molecule has 1 heterocycles. The summed E-state index contributed by atoms with van der Waals surface area (Å²) in [6, 6.07) is 8.08. The third-order valence-electron chi connectivity index (χ3n) is 3.14. The molecule has 1 aromatic heterocycles. The lowest BCUT2D eigenvalue weighted by atomic mass is 10.1. The van der Waals surface area contributed by atoms with Gasteiger partial charge in [0.15, 0.2) is 0 Å². The lowest BCUT2D eigenvalue weighted by molar-refractivity contribution is 0.0938. The number of hydrogen-bond donors (Lipinski definition) is 2. The van der Waals surface area contributed by atoms with Crippen LogP contribution in [0, 0.1) is 6.92 Å². The van der Waals surface area contributed by atoms with Gasteiger partial charge in [0.1, 0.15) is 5.69 Å². The first-order valence-electron chi connectivity index (χ1n) is 6.41. The van der Waals surface area contributed by atoms with Crippen LogP contribution in [-0.4, -0.2) is 22.6 Å². The Balaban J connectivity index is 2.30. The van der Waals surface area contributed by atoms with Crippen LogP contribution in [-0.2, 0) is 7.05 Å². The van der Waals surface area contributed by atoms with Crippen molar-refractivity contribution < 1.29 is 4.79 Å². The van der Waals surface area contributed by atoms with Crippen LogP contribution in [0.25, 0.3) is 10.9 Å². The fourth-order valence-electron chi connectivity index (χ4n) is 2.06. The number of hydrogen-bond acceptors (Lipinski definition) is 2. The van der Waals surface area contributed by atoms with Crippen LogP contribution < -0.4 is 11.1 Å². The summed E-state index contributed by atoms with van der Waals surface area (Å²) in [5.41, 5.74) is 8.38. The van der Waals surface area contributed by atoms with Gasteiger partial charge < -0.3 is 15.6 Å². The van der Waals surface area contributed by atoms with E-state index in [1.165, 1.54) is 5.56 Å². The van der Waals surface area contributed by atoms with E-state index >= 15 is 0 Å². The minimum Gasteiger partial charge on any atom is -0.349 e. The highest BCUT2D eigenvalue weighted by Crippen LogP contribution is 2.20. The smallest absolute Gasteiger partial charge is 0.267 e. The van der Waals surface area contributed by atoms with Crippen LogP contribution in [0.3, 0.4) is 0 Å². The Hall–Kier alpha value is -1.81. The minimum atomic E-state index is -0.406. The summed E-state index contributed by atoms with van der Waals surface area (Å²) in [4.78, 5) is 12.2. The molecule has 0 saturated heterocycles. The summed E-state index contributed by atoms with van der Waals surface area (Å²) in [5.74, 6) is -0.0881. The molecule has 102 valence electrons. The molecule has 1 amide bonds. The number of nitrogens with one attached hydrogen (secondary N) is 1. The Bertz CT molecular complexity index is 620. The van der Waals surface area contributed by atoms with Crippen molar-refractivity contribution in [3.63, 3.8) is 0 Å². The van der Waals surface area contributed by atoms with Gasteiger partial charge in [-0.3, -0.25) is 4.79 Å². The molecule has 19 heavy (non-hydrogen) atoms. The summed E-state index contributed by atoms with van der Waals surface area (Å²) >= 11 is 0. The van der Waals surface area contributed by atoms with Crippen molar-refractivity contribution in [1.29, 1.82) is 0 Å². The van der Waals surface area contributed by atoms with Gasteiger partial charge in [0, 0.05) is 30.0 Å². The zero-order valence-corrected chi connectivity index (χ0v) is 11.9. The average Bonchev–Trinajstić information content (AvgIpc) is 2.63. The van der Waals surface area contributed by atoms with Crippen molar-refractivity contribution in [2.45, 2.75) is 26.3 Å². The van der Waals surface area contributed by atoms with E-state index in [0.29, 0.717) is 12.2 Å². The number of rotatable bonds is 3. The number of aryl methyl sites for hydroxylation is 2. The maximum absolute atomic E-state index is 12.2. The van der Waals surface area contributed by atoms with Gasteiger partial charge in [-0.15, -0.1) is 0 Å². The van der Waals surface area contributed by atoms with Gasteiger partial charge in [0.2, 0.25) is 0 Å². The zero-order valence-electron chi connectivity index (χ0n) is 11.9. The lowest BCUT2D eigenvalue weighted by Crippen LogP contribution is -2.45. The van der Waals surface area contributed by atoms with Gasteiger partial charge >= 0.3 is 0 Å². The standard InChI is InChI=1S/C15H21N3O/c1-10-5-6-11-8-13(18(4)12(11)7-10)14(19)17-9-15(2,3)16/h5-8H,9,16H2,1-4H3,(H,17,19). The predicted octanol–water partition coefficient (Wildman–Crippen LogP) is 1.95. The molecule has 0 aliphatic heterocycles. The van der Waals surface area contributed by atoms with Gasteiger partial charge in [0.05, 0.1) is 0 Å². The molecule has 0 fully saturated rings. The molecule has 0 radical (unpaired) electrons. The fraction of sp³-hybridized carbons (Fsp3) is 0.400. The topological polar surface area (TPSA) is 60.1 Å². The van der Waals surface area contributed by atoms with E-state index in [0.717, 1.165) is 10.9 Å². The molecular formula is C15H21N3O. The number of amides is 1. The molecule has 2 aromatic rings. The van der Waals surface area contributed by atoms with E-state index < -0.39 is 5.54 Å². The van der Waals surface area contributed by atoms with Crippen molar-refractivity contribution in [1.82, 2.24) is 9.88 Å². The summed E-state index contributed by atoms with van der Waals surface area (Å²) < 4.78 is 1.92. The van der Waals surface area contributed by atoms with E-state index in [2.05, 4.69) is 11.4 Å². The second-order valence-electron chi connectivity index (χ2n) is 5.82. The normalized spacial score (nSPS) is 11.8. The van der Waals surface area contributed by atoms with Gasteiger partial charge in [-0.2, -0.15) is 0 Å². The maximum Gasteiger partial charge on any atom is 0.267 e. The number of fused-ring (bicyclic) bond motifs is 1. The summed E-state index contributed by atoms with van der Waals surface area (Å²) in [7, 11) is 1.91. The largest absolute Gasteiger partial charge is 0.349 e.